The Bertz CT molecular complexity index is 888. The second kappa shape index (κ2) is 8.44. The Morgan fingerprint density at radius 3 is 2.17 bits per heavy atom. The van der Waals surface area contributed by atoms with Crippen molar-refractivity contribution in [3.63, 3.8) is 0 Å². The first kappa shape index (κ1) is 22.4. The lowest BCUT2D eigenvalue weighted by Gasteiger charge is -2.40. The molecule has 1 aromatic rings. The SMILES string of the molecule is COC(=O)C1CC(c2ccc(C(F)(F)F)cc2)CN(C(=O)N2CCS(=O)(=O)CC2)C1. The minimum Gasteiger partial charge on any atom is -0.469 e. The van der Waals surface area contributed by atoms with E-state index in [2.05, 4.69) is 0 Å². The zero-order valence-electron chi connectivity index (χ0n) is 16.4. The molecule has 7 nitrogen and oxygen atoms in total. The molecule has 2 atom stereocenters. The smallest absolute Gasteiger partial charge is 0.416 e. The van der Waals surface area contributed by atoms with E-state index in [1.807, 2.05) is 0 Å². The molecule has 2 unspecified atom stereocenters. The Hall–Kier alpha value is -2.30. The Morgan fingerprint density at radius 1 is 1.03 bits per heavy atom. The number of carbonyl (C=O) groups is 2. The topological polar surface area (TPSA) is 84.0 Å². The molecule has 0 aromatic heterocycles. The van der Waals surface area contributed by atoms with Crippen molar-refractivity contribution >= 4 is 21.8 Å². The number of alkyl halides is 3. The average molecular weight is 448 g/mol. The minimum absolute atomic E-state index is 0.0749. The number of urea groups is 1. The highest BCUT2D eigenvalue weighted by Gasteiger charge is 2.38. The summed E-state index contributed by atoms with van der Waals surface area (Å²) in [7, 11) is -1.91. The van der Waals surface area contributed by atoms with E-state index in [1.54, 1.807) is 0 Å². The third kappa shape index (κ3) is 5.05. The fraction of sp³-hybridized carbons (Fsp3) is 0.579. The van der Waals surface area contributed by atoms with Crippen molar-refractivity contribution < 1.29 is 35.9 Å². The van der Waals surface area contributed by atoms with Crippen LogP contribution in [0.1, 0.15) is 23.5 Å². The van der Waals surface area contributed by atoms with E-state index in [1.165, 1.54) is 29.0 Å². The molecule has 2 saturated heterocycles. The lowest BCUT2D eigenvalue weighted by atomic mass is 9.84. The summed E-state index contributed by atoms with van der Waals surface area (Å²) in [5.41, 5.74) is -0.176. The number of sulfone groups is 1. The Morgan fingerprint density at radius 2 is 1.63 bits per heavy atom. The number of piperidine rings is 1. The summed E-state index contributed by atoms with van der Waals surface area (Å²) >= 11 is 0. The second-order valence-electron chi connectivity index (χ2n) is 7.60. The summed E-state index contributed by atoms with van der Waals surface area (Å²) in [6.45, 7) is 0.490. The second-order valence-corrected chi connectivity index (χ2v) is 9.90. The maximum absolute atomic E-state index is 12.9. The molecule has 2 fully saturated rings. The number of ether oxygens (including phenoxy) is 1. The van der Waals surface area contributed by atoms with Gasteiger partial charge >= 0.3 is 18.2 Å². The molecule has 1 aromatic carbocycles. The molecular formula is C19H23F3N2O5S. The van der Waals surface area contributed by atoms with E-state index in [9.17, 15) is 31.2 Å². The summed E-state index contributed by atoms with van der Waals surface area (Å²) in [5.74, 6) is -1.69. The van der Waals surface area contributed by atoms with E-state index in [4.69, 9.17) is 4.74 Å². The molecule has 30 heavy (non-hydrogen) atoms. The number of halogens is 3. The predicted molar refractivity (Wildman–Crippen MR) is 102 cm³/mol. The first-order valence-electron chi connectivity index (χ1n) is 9.49. The van der Waals surface area contributed by atoms with Gasteiger partial charge in [-0.3, -0.25) is 4.79 Å². The lowest BCUT2D eigenvalue weighted by Crippen LogP contribution is -2.54. The van der Waals surface area contributed by atoms with Crippen molar-refractivity contribution in [1.29, 1.82) is 0 Å². The normalized spacial score (nSPS) is 24.4. The van der Waals surface area contributed by atoms with Gasteiger partial charge in [0, 0.05) is 32.1 Å². The number of benzene rings is 1. The third-order valence-corrected chi connectivity index (χ3v) is 7.19. The number of esters is 1. The van der Waals surface area contributed by atoms with E-state index in [0.29, 0.717) is 12.0 Å². The molecule has 166 valence electrons. The summed E-state index contributed by atoms with van der Waals surface area (Å²) in [6.07, 6.45) is -4.10. The molecule has 11 heteroatoms. The van der Waals surface area contributed by atoms with Crippen molar-refractivity contribution in [2.45, 2.75) is 18.5 Å². The van der Waals surface area contributed by atoms with Gasteiger partial charge in [0.2, 0.25) is 0 Å². The van der Waals surface area contributed by atoms with Gasteiger partial charge in [0.1, 0.15) is 0 Å². The van der Waals surface area contributed by atoms with Gasteiger partial charge in [-0.1, -0.05) is 12.1 Å². The Labute approximate surface area is 172 Å². The summed E-state index contributed by atoms with van der Waals surface area (Å²) in [4.78, 5) is 28.0. The van der Waals surface area contributed by atoms with Crippen LogP contribution in [0.5, 0.6) is 0 Å². The first-order chi connectivity index (χ1) is 14.0. The molecule has 2 heterocycles. The van der Waals surface area contributed by atoms with Crippen LogP contribution in [0.2, 0.25) is 0 Å². The van der Waals surface area contributed by atoms with Gasteiger partial charge in [0.15, 0.2) is 9.84 Å². The molecule has 0 aliphatic carbocycles. The van der Waals surface area contributed by atoms with Crippen molar-refractivity contribution in [1.82, 2.24) is 9.80 Å². The van der Waals surface area contributed by atoms with Crippen LogP contribution >= 0.6 is 0 Å². The van der Waals surface area contributed by atoms with Crippen LogP contribution in [0.4, 0.5) is 18.0 Å². The van der Waals surface area contributed by atoms with Gasteiger partial charge in [-0.05, 0) is 24.1 Å². The van der Waals surface area contributed by atoms with Gasteiger partial charge in [0.25, 0.3) is 0 Å². The van der Waals surface area contributed by atoms with Crippen LogP contribution in [0.25, 0.3) is 0 Å². The minimum atomic E-state index is -4.45. The molecule has 2 aliphatic rings. The van der Waals surface area contributed by atoms with E-state index in [0.717, 1.165) is 12.1 Å². The zero-order valence-corrected chi connectivity index (χ0v) is 17.2. The van der Waals surface area contributed by atoms with Gasteiger partial charge in [-0.25, -0.2) is 13.2 Å². The van der Waals surface area contributed by atoms with Crippen molar-refractivity contribution in [2.75, 3.05) is 44.8 Å². The zero-order chi connectivity index (χ0) is 22.1. The van der Waals surface area contributed by atoms with Crippen molar-refractivity contribution in [2.24, 2.45) is 5.92 Å². The van der Waals surface area contributed by atoms with E-state index >= 15 is 0 Å². The predicted octanol–water partition coefficient (Wildman–Crippen LogP) is 2.13. The van der Waals surface area contributed by atoms with Crippen LogP contribution in [-0.2, 0) is 25.5 Å². The molecular weight excluding hydrogens is 425 g/mol. The van der Waals surface area contributed by atoms with Gasteiger partial charge in [-0.15, -0.1) is 0 Å². The number of hydrogen-bond donors (Lipinski definition) is 0. The van der Waals surface area contributed by atoms with Crippen LogP contribution < -0.4 is 0 Å². The number of likely N-dealkylation sites (tertiary alicyclic amines) is 1. The summed E-state index contributed by atoms with van der Waals surface area (Å²) in [5, 5.41) is 0. The quantitative estimate of drug-likeness (QED) is 0.648. The van der Waals surface area contributed by atoms with E-state index in [-0.39, 0.29) is 49.6 Å². The molecule has 3 rings (SSSR count). The van der Waals surface area contributed by atoms with Crippen LogP contribution in [0, 0.1) is 5.92 Å². The number of rotatable bonds is 2. The number of methoxy groups -OCH3 is 1. The summed E-state index contributed by atoms with van der Waals surface area (Å²) < 4.78 is 66.6. The molecule has 0 radical (unpaired) electrons. The molecule has 2 aliphatic heterocycles. The standard InChI is InChI=1S/C19H23F3N2O5S/c1-29-17(25)15-10-14(13-2-4-16(5-3-13)19(20,21)22)11-24(12-15)18(26)23-6-8-30(27,28)9-7-23/h2-5,14-15H,6-12H2,1H3. The fourth-order valence-corrected chi connectivity index (χ4v) is 5.08. The first-order valence-corrected chi connectivity index (χ1v) is 11.3. The molecule has 2 amide bonds. The molecule has 0 bridgehead atoms. The van der Waals surface area contributed by atoms with Gasteiger partial charge in [0.05, 0.1) is 30.1 Å². The van der Waals surface area contributed by atoms with Crippen LogP contribution in [0.15, 0.2) is 24.3 Å². The third-order valence-electron chi connectivity index (χ3n) is 5.58. The maximum atomic E-state index is 12.9. The van der Waals surface area contributed by atoms with Crippen LogP contribution in [-0.4, -0.2) is 75.0 Å². The number of carbonyl (C=O) groups excluding carboxylic acids is 2. The highest BCUT2D eigenvalue weighted by Crippen LogP contribution is 2.34. The molecule has 0 N–H and O–H groups in total. The lowest BCUT2D eigenvalue weighted by molar-refractivity contribution is -0.147. The highest BCUT2D eigenvalue weighted by atomic mass is 32.2. The fourth-order valence-electron chi connectivity index (χ4n) is 3.88. The molecule has 0 spiro atoms. The number of hydrogen-bond acceptors (Lipinski definition) is 5. The number of nitrogens with zero attached hydrogens (tertiary/aromatic N) is 2. The monoisotopic (exact) mass is 448 g/mol. The summed E-state index contributed by atoms with van der Waals surface area (Å²) in [6, 6.07) is 4.32. The highest BCUT2D eigenvalue weighted by molar-refractivity contribution is 7.91. The van der Waals surface area contributed by atoms with Gasteiger partial charge in [-0.2, -0.15) is 13.2 Å². The molecule has 0 saturated carbocycles. The Balaban J connectivity index is 1.79. The van der Waals surface area contributed by atoms with Crippen molar-refractivity contribution in [3.05, 3.63) is 35.4 Å². The van der Waals surface area contributed by atoms with E-state index < -0.39 is 33.5 Å². The largest absolute Gasteiger partial charge is 0.469 e. The average Bonchev–Trinajstić information content (AvgIpc) is 2.71. The Kier molecular flexibility index (Phi) is 6.30. The van der Waals surface area contributed by atoms with Gasteiger partial charge < -0.3 is 14.5 Å². The van der Waals surface area contributed by atoms with Crippen molar-refractivity contribution in [3.8, 4) is 0 Å². The number of amides is 2. The maximum Gasteiger partial charge on any atom is 0.416 e. The van der Waals surface area contributed by atoms with Crippen LogP contribution in [0.3, 0.4) is 0 Å².